The number of halogens is 1. The van der Waals surface area contributed by atoms with Gasteiger partial charge in [0, 0.05) is 41.9 Å². The molecule has 3 rings (SSSR count). The zero-order valence-corrected chi connectivity index (χ0v) is 13.1. The van der Waals surface area contributed by atoms with E-state index in [-0.39, 0.29) is 6.04 Å². The Balaban J connectivity index is 1.76. The Kier molecular flexibility index (Phi) is 5.02. The van der Waals surface area contributed by atoms with Crippen molar-refractivity contribution in [1.29, 1.82) is 0 Å². The molecule has 0 aliphatic rings. The van der Waals surface area contributed by atoms with E-state index in [0.717, 1.165) is 11.4 Å². The number of imidazole rings is 1. The van der Waals surface area contributed by atoms with E-state index >= 15 is 0 Å². The molecule has 0 bridgehead atoms. The first-order valence-electron chi connectivity index (χ1n) is 7.31. The average Bonchev–Trinajstić information content (AvgIpc) is 3.10. The predicted octanol–water partition coefficient (Wildman–Crippen LogP) is 2.87. The first-order valence-corrected chi connectivity index (χ1v) is 7.68. The van der Waals surface area contributed by atoms with Gasteiger partial charge in [-0.05, 0) is 23.8 Å². The van der Waals surface area contributed by atoms with Crippen LogP contribution in [0.1, 0.15) is 29.1 Å². The summed E-state index contributed by atoms with van der Waals surface area (Å²) in [6.07, 6.45) is 6.24. The van der Waals surface area contributed by atoms with Crippen molar-refractivity contribution in [3.8, 4) is 0 Å². The molecule has 3 aromatic rings. The van der Waals surface area contributed by atoms with Gasteiger partial charge in [-0.2, -0.15) is 0 Å². The van der Waals surface area contributed by atoms with Crippen LogP contribution in [0.25, 0.3) is 0 Å². The van der Waals surface area contributed by atoms with Gasteiger partial charge in [0.2, 0.25) is 0 Å². The zero-order valence-electron chi connectivity index (χ0n) is 12.4. The molecule has 3 N–H and O–H groups in total. The molecule has 2 aromatic heterocycles. The first-order chi connectivity index (χ1) is 11.3. The third kappa shape index (κ3) is 3.76. The fourth-order valence-electron chi connectivity index (χ4n) is 2.45. The highest BCUT2D eigenvalue weighted by Gasteiger charge is 2.19. The molecular formula is C17H17ClN4O. The smallest absolute Gasteiger partial charge is 0.127 e. The summed E-state index contributed by atoms with van der Waals surface area (Å²) >= 11 is 6.14. The lowest BCUT2D eigenvalue weighted by molar-refractivity contribution is 0.171. The van der Waals surface area contributed by atoms with Gasteiger partial charge in [-0.25, -0.2) is 4.98 Å². The number of benzene rings is 1. The van der Waals surface area contributed by atoms with Crippen molar-refractivity contribution in [3.05, 3.63) is 83.2 Å². The van der Waals surface area contributed by atoms with Crippen molar-refractivity contribution in [2.24, 2.45) is 0 Å². The van der Waals surface area contributed by atoms with Gasteiger partial charge in [0.25, 0.3) is 0 Å². The van der Waals surface area contributed by atoms with Crippen LogP contribution < -0.4 is 5.32 Å². The molecule has 0 spiro atoms. The number of aromatic nitrogens is 3. The minimum Gasteiger partial charge on any atom is -0.387 e. The molecule has 23 heavy (non-hydrogen) atoms. The van der Waals surface area contributed by atoms with Crippen LogP contribution in [-0.4, -0.2) is 26.6 Å². The lowest BCUT2D eigenvalue weighted by Crippen LogP contribution is -2.28. The molecule has 0 saturated heterocycles. The summed E-state index contributed by atoms with van der Waals surface area (Å²) in [5.41, 5.74) is 1.72. The quantitative estimate of drug-likeness (QED) is 0.650. The summed E-state index contributed by atoms with van der Waals surface area (Å²) in [5.74, 6) is 0.780. The number of aliphatic hydroxyl groups is 1. The molecule has 0 amide bonds. The Morgan fingerprint density at radius 1 is 1.13 bits per heavy atom. The second-order valence-electron chi connectivity index (χ2n) is 5.13. The number of pyridine rings is 1. The number of aromatic amines is 1. The van der Waals surface area contributed by atoms with Crippen molar-refractivity contribution in [2.45, 2.75) is 12.1 Å². The predicted molar refractivity (Wildman–Crippen MR) is 89.1 cm³/mol. The fourth-order valence-corrected chi connectivity index (χ4v) is 2.71. The number of H-pyrrole nitrogens is 1. The van der Waals surface area contributed by atoms with Gasteiger partial charge in [0.05, 0.1) is 12.1 Å². The first kappa shape index (κ1) is 15.7. The molecule has 0 unspecified atom stereocenters. The summed E-state index contributed by atoms with van der Waals surface area (Å²) < 4.78 is 0. The van der Waals surface area contributed by atoms with Crippen LogP contribution in [-0.2, 0) is 0 Å². The van der Waals surface area contributed by atoms with E-state index in [9.17, 15) is 5.11 Å². The Labute approximate surface area is 139 Å². The Bertz CT molecular complexity index is 733. The minimum absolute atomic E-state index is 0.162. The summed E-state index contributed by atoms with van der Waals surface area (Å²) in [6, 6.07) is 11.0. The van der Waals surface area contributed by atoms with Gasteiger partial charge < -0.3 is 15.4 Å². The van der Waals surface area contributed by atoms with Gasteiger partial charge in [-0.1, -0.05) is 29.8 Å². The lowest BCUT2D eigenvalue weighted by Gasteiger charge is -2.20. The van der Waals surface area contributed by atoms with E-state index < -0.39 is 6.10 Å². The van der Waals surface area contributed by atoms with Crippen molar-refractivity contribution in [3.63, 3.8) is 0 Å². The maximum Gasteiger partial charge on any atom is 0.127 e. The van der Waals surface area contributed by atoms with E-state index in [1.165, 1.54) is 0 Å². The molecular weight excluding hydrogens is 312 g/mol. The van der Waals surface area contributed by atoms with Gasteiger partial charge in [0.1, 0.15) is 5.82 Å². The Morgan fingerprint density at radius 3 is 2.61 bits per heavy atom. The molecule has 0 aliphatic carbocycles. The molecule has 1 aromatic carbocycles. The zero-order chi connectivity index (χ0) is 16.1. The summed E-state index contributed by atoms with van der Waals surface area (Å²) in [7, 11) is 0. The van der Waals surface area contributed by atoms with Crippen molar-refractivity contribution < 1.29 is 5.11 Å². The Hall–Kier alpha value is -2.21. The van der Waals surface area contributed by atoms with Crippen LogP contribution in [0.4, 0.5) is 0 Å². The van der Waals surface area contributed by atoms with Gasteiger partial charge in [-0.15, -0.1) is 0 Å². The molecule has 0 saturated carbocycles. The van der Waals surface area contributed by atoms with E-state index in [1.807, 2.05) is 30.3 Å². The van der Waals surface area contributed by atoms with Gasteiger partial charge in [0.15, 0.2) is 0 Å². The monoisotopic (exact) mass is 328 g/mol. The van der Waals surface area contributed by atoms with Crippen LogP contribution in [0.2, 0.25) is 5.02 Å². The molecule has 0 aliphatic heterocycles. The molecule has 5 nitrogen and oxygen atoms in total. The molecule has 2 heterocycles. The SMILES string of the molecule is O[C@H](CN[C@H](c1ccncc1)c1ncc[nH]1)c1ccccc1Cl. The van der Waals surface area contributed by atoms with E-state index in [0.29, 0.717) is 17.1 Å². The summed E-state index contributed by atoms with van der Waals surface area (Å²) in [5, 5.41) is 14.3. The van der Waals surface area contributed by atoms with Gasteiger partial charge in [-0.3, -0.25) is 4.98 Å². The average molecular weight is 329 g/mol. The van der Waals surface area contributed by atoms with E-state index in [4.69, 9.17) is 11.6 Å². The lowest BCUT2D eigenvalue weighted by atomic mass is 10.1. The third-order valence-corrected chi connectivity index (χ3v) is 3.96. The number of rotatable bonds is 6. The van der Waals surface area contributed by atoms with Crippen LogP contribution in [0.15, 0.2) is 61.2 Å². The largest absolute Gasteiger partial charge is 0.387 e. The van der Waals surface area contributed by atoms with E-state index in [2.05, 4.69) is 20.3 Å². The maximum atomic E-state index is 10.4. The van der Waals surface area contributed by atoms with E-state index in [1.54, 1.807) is 30.9 Å². The second kappa shape index (κ2) is 7.37. The number of hydrogen-bond acceptors (Lipinski definition) is 4. The normalized spacial score (nSPS) is 13.7. The van der Waals surface area contributed by atoms with Crippen molar-refractivity contribution in [1.82, 2.24) is 20.3 Å². The van der Waals surface area contributed by atoms with Crippen molar-refractivity contribution in [2.75, 3.05) is 6.54 Å². The standard InChI is InChI=1S/C17H17ClN4O/c18-14-4-2-1-3-13(14)15(23)11-22-16(17-20-9-10-21-17)12-5-7-19-8-6-12/h1-10,15-16,22-23H,11H2,(H,20,21)/t15-,16-/m1/s1. The second-order valence-corrected chi connectivity index (χ2v) is 5.54. The molecule has 0 fully saturated rings. The van der Waals surface area contributed by atoms with Crippen LogP contribution in [0.5, 0.6) is 0 Å². The highest BCUT2D eigenvalue weighted by atomic mass is 35.5. The fraction of sp³-hybridized carbons (Fsp3) is 0.176. The van der Waals surface area contributed by atoms with Crippen LogP contribution >= 0.6 is 11.6 Å². The molecule has 2 atom stereocenters. The van der Waals surface area contributed by atoms with Crippen molar-refractivity contribution >= 4 is 11.6 Å². The number of nitrogens with one attached hydrogen (secondary N) is 2. The topological polar surface area (TPSA) is 73.8 Å². The third-order valence-electron chi connectivity index (χ3n) is 3.61. The summed E-state index contributed by atoms with van der Waals surface area (Å²) in [4.78, 5) is 11.5. The van der Waals surface area contributed by atoms with Crippen LogP contribution in [0, 0.1) is 0 Å². The van der Waals surface area contributed by atoms with Gasteiger partial charge >= 0.3 is 0 Å². The minimum atomic E-state index is -0.706. The van der Waals surface area contributed by atoms with Crippen LogP contribution in [0.3, 0.4) is 0 Å². The molecule has 6 heteroatoms. The Morgan fingerprint density at radius 2 is 1.91 bits per heavy atom. The molecule has 0 radical (unpaired) electrons. The number of nitrogens with zero attached hydrogens (tertiary/aromatic N) is 2. The number of aliphatic hydroxyl groups excluding tert-OH is 1. The number of hydrogen-bond donors (Lipinski definition) is 3. The summed E-state index contributed by atoms with van der Waals surface area (Å²) in [6.45, 7) is 0.345. The maximum absolute atomic E-state index is 10.4. The highest BCUT2D eigenvalue weighted by molar-refractivity contribution is 6.31. The molecule has 118 valence electrons. The highest BCUT2D eigenvalue weighted by Crippen LogP contribution is 2.24.